The Kier molecular flexibility index (Phi) is 6.16. The summed E-state index contributed by atoms with van der Waals surface area (Å²) in [5.74, 6) is -1.13. The van der Waals surface area contributed by atoms with E-state index in [2.05, 4.69) is 31.5 Å². The van der Waals surface area contributed by atoms with Crippen molar-refractivity contribution in [3.05, 3.63) is 64.1 Å². The molecule has 0 aliphatic rings. The summed E-state index contributed by atoms with van der Waals surface area (Å²) in [5.41, 5.74) is 5.44. The molecule has 0 aliphatic heterocycles. The molecule has 132 valence electrons. The van der Waals surface area contributed by atoms with E-state index in [1.807, 2.05) is 0 Å². The fourth-order valence-corrected chi connectivity index (χ4v) is 2.97. The van der Waals surface area contributed by atoms with Gasteiger partial charge in [-0.2, -0.15) is 0 Å². The summed E-state index contributed by atoms with van der Waals surface area (Å²) in [6, 6.07) is 12.7. The molecule has 0 saturated carbocycles. The van der Waals surface area contributed by atoms with Gasteiger partial charge in [0.25, 0.3) is 11.8 Å². The Labute approximate surface area is 154 Å². The van der Waals surface area contributed by atoms with Crippen LogP contribution in [0.5, 0.6) is 0 Å². The molecular formula is C16H16BrN3O4S. The largest absolute Gasteiger partial charge is 0.284 e. The SMILES string of the molecule is CCS(=O)(=O)Nc1cccc(C(=O)NNC(=O)c2ccccc2Br)c1. The Morgan fingerprint density at radius 1 is 1.00 bits per heavy atom. The van der Waals surface area contributed by atoms with Crippen LogP contribution in [0.15, 0.2) is 53.0 Å². The Hall–Kier alpha value is -2.39. The molecule has 0 unspecified atom stereocenters. The summed E-state index contributed by atoms with van der Waals surface area (Å²) >= 11 is 3.25. The van der Waals surface area contributed by atoms with E-state index in [4.69, 9.17) is 0 Å². The summed E-state index contributed by atoms with van der Waals surface area (Å²) in [5, 5.41) is 0. The maximum absolute atomic E-state index is 12.1. The van der Waals surface area contributed by atoms with Crippen LogP contribution < -0.4 is 15.6 Å². The number of rotatable bonds is 5. The summed E-state index contributed by atoms with van der Waals surface area (Å²) in [6.07, 6.45) is 0. The molecule has 0 heterocycles. The summed E-state index contributed by atoms with van der Waals surface area (Å²) in [6.45, 7) is 1.51. The fourth-order valence-electron chi connectivity index (χ4n) is 1.87. The van der Waals surface area contributed by atoms with Crippen LogP contribution in [-0.4, -0.2) is 26.0 Å². The lowest BCUT2D eigenvalue weighted by atomic mass is 10.2. The predicted octanol–water partition coefficient (Wildman–Crippen LogP) is 2.29. The molecule has 0 spiro atoms. The molecule has 0 saturated heterocycles. The average molecular weight is 426 g/mol. The van der Waals surface area contributed by atoms with Gasteiger partial charge in [-0.25, -0.2) is 8.42 Å². The highest BCUT2D eigenvalue weighted by molar-refractivity contribution is 9.10. The van der Waals surface area contributed by atoms with Crippen LogP contribution in [0.1, 0.15) is 27.6 Å². The molecule has 0 aromatic heterocycles. The van der Waals surface area contributed by atoms with Gasteiger partial charge >= 0.3 is 0 Å². The van der Waals surface area contributed by atoms with Crippen molar-refractivity contribution in [3.8, 4) is 0 Å². The smallest absolute Gasteiger partial charge is 0.270 e. The highest BCUT2D eigenvalue weighted by Gasteiger charge is 2.13. The van der Waals surface area contributed by atoms with Crippen molar-refractivity contribution in [1.29, 1.82) is 0 Å². The van der Waals surface area contributed by atoms with E-state index in [1.165, 1.54) is 31.2 Å². The van der Waals surface area contributed by atoms with E-state index in [1.54, 1.807) is 24.3 Å². The number of benzene rings is 2. The Morgan fingerprint density at radius 2 is 1.68 bits per heavy atom. The lowest BCUT2D eigenvalue weighted by Gasteiger charge is -2.10. The van der Waals surface area contributed by atoms with Crippen molar-refractivity contribution in [2.45, 2.75) is 6.92 Å². The molecule has 2 rings (SSSR count). The number of carbonyl (C=O) groups excluding carboxylic acids is 2. The molecular weight excluding hydrogens is 410 g/mol. The number of halogens is 1. The van der Waals surface area contributed by atoms with Crippen LogP contribution in [0, 0.1) is 0 Å². The lowest BCUT2D eigenvalue weighted by Crippen LogP contribution is -2.41. The first-order valence-corrected chi connectivity index (χ1v) is 9.72. The average Bonchev–Trinajstić information content (AvgIpc) is 2.59. The number of anilines is 1. The van der Waals surface area contributed by atoms with Gasteiger partial charge in [0, 0.05) is 15.7 Å². The quantitative estimate of drug-likeness (QED) is 0.639. The molecule has 0 fully saturated rings. The van der Waals surface area contributed by atoms with Gasteiger partial charge in [0.15, 0.2) is 0 Å². The number of hydrazine groups is 1. The van der Waals surface area contributed by atoms with Crippen molar-refractivity contribution >= 4 is 43.5 Å². The molecule has 0 atom stereocenters. The minimum absolute atomic E-state index is 0.0779. The fraction of sp³-hybridized carbons (Fsp3) is 0.125. The van der Waals surface area contributed by atoms with Crippen LogP contribution in [0.25, 0.3) is 0 Å². The number of sulfonamides is 1. The van der Waals surface area contributed by atoms with Gasteiger partial charge in [0.05, 0.1) is 11.3 Å². The summed E-state index contributed by atoms with van der Waals surface area (Å²) < 4.78 is 26.1. The maximum atomic E-state index is 12.1. The first kappa shape index (κ1) is 18.9. The minimum Gasteiger partial charge on any atom is -0.284 e. The molecule has 0 bridgehead atoms. The Morgan fingerprint density at radius 3 is 2.36 bits per heavy atom. The van der Waals surface area contributed by atoms with Crippen molar-refractivity contribution in [3.63, 3.8) is 0 Å². The third kappa shape index (κ3) is 5.30. The predicted molar refractivity (Wildman–Crippen MR) is 98.6 cm³/mol. The monoisotopic (exact) mass is 425 g/mol. The van der Waals surface area contributed by atoms with Gasteiger partial charge < -0.3 is 0 Å². The van der Waals surface area contributed by atoms with E-state index in [-0.39, 0.29) is 17.0 Å². The van der Waals surface area contributed by atoms with Gasteiger partial charge in [0.2, 0.25) is 10.0 Å². The summed E-state index contributed by atoms with van der Waals surface area (Å²) in [7, 11) is -3.44. The second-order valence-corrected chi connectivity index (χ2v) is 7.84. The van der Waals surface area contributed by atoms with Crippen molar-refractivity contribution in [2.75, 3.05) is 10.5 Å². The van der Waals surface area contributed by atoms with E-state index in [9.17, 15) is 18.0 Å². The highest BCUT2D eigenvalue weighted by Crippen LogP contribution is 2.15. The molecule has 9 heteroatoms. The molecule has 0 radical (unpaired) electrons. The topological polar surface area (TPSA) is 104 Å². The Bertz CT molecular complexity index is 900. The normalized spacial score (nSPS) is 10.8. The Balaban J connectivity index is 2.04. The molecule has 2 aromatic rings. The zero-order valence-corrected chi connectivity index (χ0v) is 15.6. The summed E-state index contributed by atoms with van der Waals surface area (Å²) in [4.78, 5) is 24.2. The first-order valence-electron chi connectivity index (χ1n) is 7.28. The van der Waals surface area contributed by atoms with Gasteiger partial charge in [-0.05, 0) is 53.2 Å². The van der Waals surface area contributed by atoms with Crippen molar-refractivity contribution in [2.24, 2.45) is 0 Å². The molecule has 25 heavy (non-hydrogen) atoms. The number of carbonyl (C=O) groups is 2. The molecule has 2 aromatic carbocycles. The van der Waals surface area contributed by atoms with Crippen LogP contribution >= 0.6 is 15.9 Å². The third-order valence-electron chi connectivity index (χ3n) is 3.19. The van der Waals surface area contributed by atoms with Crippen molar-refractivity contribution < 1.29 is 18.0 Å². The van der Waals surface area contributed by atoms with E-state index in [0.29, 0.717) is 10.0 Å². The van der Waals surface area contributed by atoms with Gasteiger partial charge in [-0.1, -0.05) is 18.2 Å². The highest BCUT2D eigenvalue weighted by atomic mass is 79.9. The minimum atomic E-state index is -3.44. The number of hydrogen-bond acceptors (Lipinski definition) is 4. The van der Waals surface area contributed by atoms with Gasteiger partial charge in [-0.15, -0.1) is 0 Å². The van der Waals surface area contributed by atoms with Crippen molar-refractivity contribution in [1.82, 2.24) is 10.9 Å². The molecule has 2 amide bonds. The zero-order valence-electron chi connectivity index (χ0n) is 13.2. The van der Waals surface area contributed by atoms with Crippen LogP contribution in [-0.2, 0) is 10.0 Å². The standard InChI is InChI=1S/C16H16BrN3O4S/c1-2-25(23,24)20-12-7-5-6-11(10-12)15(21)18-19-16(22)13-8-3-4-9-14(13)17/h3-10,20H,2H2,1H3,(H,18,21)(H,19,22). The second-order valence-electron chi connectivity index (χ2n) is 4.97. The molecule has 7 nitrogen and oxygen atoms in total. The third-order valence-corrected chi connectivity index (χ3v) is 5.18. The molecule has 3 N–H and O–H groups in total. The second kappa shape index (κ2) is 8.13. The first-order chi connectivity index (χ1) is 11.8. The number of hydrogen-bond donors (Lipinski definition) is 3. The van der Waals surface area contributed by atoms with E-state index >= 15 is 0 Å². The lowest BCUT2D eigenvalue weighted by molar-refractivity contribution is 0.0846. The zero-order chi connectivity index (χ0) is 18.4. The maximum Gasteiger partial charge on any atom is 0.270 e. The van der Waals surface area contributed by atoms with Crippen LogP contribution in [0.3, 0.4) is 0 Å². The van der Waals surface area contributed by atoms with Crippen LogP contribution in [0.2, 0.25) is 0 Å². The van der Waals surface area contributed by atoms with Crippen LogP contribution in [0.4, 0.5) is 5.69 Å². The molecule has 0 aliphatic carbocycles. The van der Waals surface area contributed by atoms with Gasteiger partial charge in [-0.3, -0.25) is 25.2 Å². The van der Waals surface area contributed by atoms with Gasteiger partial charge in [0.1, 0.15) is 0 Å². The number of nitrogens with one attached hydrogen (secondary N) is 3. The van der Waals surface area contributed by atoms with E-state index < -0.39 is 21.8 Å². The van der Waals surface area contributed by atoms with E-state index in [0.717, 1.165) is 0 Å². The number of amides is 2.